The maximum absolute atomic E-state index is 13.0. The second-order valence-corrected chi connectivity index (χ2v) is 10.9. The first-order chi connectivity index (χ1) is 15.8. The third-order valence-corrected chi connectivity index (χ3v) is 8.20. The molecule has 0 aromatic heterocycles. The fourth-order valence-corrected chi connectivity index (χ4v) is 5.31. The Bertz CT molecular complexity index is 1100. The third-order valence-electron chi connectivity index (χ3n) is 7.64. The van der Waals surface area contributed by atoms with Gasteiger partial charge in [0.25, 0.3) is 5.91 Å². The molecule has 0 radical (unpaired) electrons. The molecule has 34 heavy (non-hydrogen) atoms. The van der Waals surface area contributed by atoms with Gasteiger partial charge in [0.1, 0.15) is 5.78 Å². The van der Waals surface area contributed by atoms with E-state index in [9.17, 15) is 14.4 Å². The summed E-state index contributed by atoms with van der Waals surface area (Å²) in [6.07, 6.45) is 2.10. The quantitative estimate of drug-likeness (QED) is 0.464. The summed E-state index contributed by atoms with van der Waals surface area (Å²) >= 11 is 12.1. The smallest absolute Gasteiger partial charge is 0.257 e. The van der Waals surface area contributed by atoms with E-state index in [0.717, 1.165) is 12.0 Å². The molecular formula is C27H32Cl2N2O3. The van der Waals surface area contributed by atoms with Crippen LogP contribution in [0.2, 0.25) is 10.0 Å². The Morgan fingerprint density at radius 1 is 1.06 bits per heavy atom. The van der Waals surface area contributed by atoms with Crippen molar-refractivity contribution in [1.82, 2.24) is 5.32 Å². The van der Waals surface area contributed by atoms with Gasteiger partial charge in [0.2, 0.25) is 5.91 Å². The summed E-state index contributed by atoms with van der Waals surface area (Å²) in [6.45, 7) is 9.63. The lowest BCUT2D eigenvalue weighted by atomic mass is 9.63. The second kappa shape index (κ2) is 10.1. The minimum absolute atomic E-state index is 0.00441. The Morgan fingerprint density at radius 3 is 2.29 bits per heavy atom. The first-order valence-electron chi connectivity index (χ1n) is 11.5. The van der Waals surface area contributed by atoms with Gasteiger partial charge < -0.3 is 10.6 Å². The summed E-state index contributed by atoms with van der Waals surface area (Å²) in [4.78, 5) is 37.8. The van der Waals surface area contributed by atoms with Crippen molar-refractivity contribution in [2.75, 3.05) is 5.32 Å². The Hall–Kier alpha value is -2.37. The van der Waals surface area contributed by atoms with Gasteiger partial charge >= 0.3 is 0 Å². The largest absolute Gasteiger partial charge is 0.353 e. The number of anilines is 1. The predicted octanol–water partition coefficient (Wildman–Crippen LogP) is 6.32. The average Bonchev–Trinajstić information content (AvgIpc) is 3.01. The fraction of sp³-hybridized carbons (Fsp3) is 0.444. The monoisotopic (exact) mass is 502 g/mol. The van der Waals surface area contributed by atoms with Crippen LogP contribution >= 0.6 is 23.2 Å². The molecule has 2 amide bonds. The highest BCUT2D eigenvalue weighted by Gasteiger charge is 2.56. The van der Waals surface area contributed by atoms with Crippen molar-refractivity contribution >= 4 is 46.5 Å². The molecule has 3 atom stereocenters. The maximum Gasteiger partial charge on any atom is 0.257 e. The van der Waals surface area contributed by atoms with E-state index >= 15 is 0 Å². The fourth-order valence-electron chi connectivity index (χ4n) is 4.93. The highest BCUT2D eigenvalue weighted by Crippen LogP contribution is 2.56. The van der Waals surface area contributed by atoms with Crippen LogP contribution in [0.3, 0.4) is 0 Å². The van der Waals surface area contributed by atoms with Gasteiger partial charge in [-0.1, -0.05) is 56.1 Å². The Labute approximate surface area is 211 Å². The van der Waals surface area contributed by atoms with Gasteiger partial charge in [0, 0.05) is 28.1 Å². The van der Waals surface area contributed by atoms with Crippen molar-refractivity contribution in [3.8, 4) is 0 Å². The summed E-state index contributed by atoms with van der Waals surface area (Å²) < 4.78 is 0. The number of hydrogen-bond acceptors (Lipinski definition) is 3. The molecule has 0 spiro atoms. The summed E-state index contributed by atoms with van der Waals surface area (Å²) in [5.74, 6) is -0.382. The van der Waals surface area contributed by atoms with Crippen LogP contribution in [0.15, 0.2) is 42.5 Å². The van der Waals surface area contributed by atoms with Crippen molar-refractivity contribution in [3.05, 3.63) is 63.6 Å². The van der Waals surface area contributed by atoms with Crippen LogP contribution in [0.1, 0.15) is 63.4 Å². The number of carbonyl (C=O) groups excluding carboxylic acids is 3. The van der Waals surface area contributed by atoms with E-state index in [1.807, 2.05) is 52.0 Å². The van der Waals surface area contributed by atoms with E-state index in [2.05, 4.69) is 10.6 Å². The molecule has 0 aliphatic heterocycles. The minimum Gasteiger partial charge on any atom is -0.353 e. The van der Waals surface area contributed by atoms with Crippen molar-refractivity contribution < 1.29 is 14.4 Å². The Morgan fingerprint density at radius 2 is 1.71 bits per heavy atom. The molecule has 1 saturated carbocycles. The van der Waals surface area contributed by atoms with Gasteiger partial charge in [-0.3, -0.25) is 14.4 Å². The highest BCUT2D eigenvalue weighted by atomic mass is 35.5. The van der Waals surface area contributed by atoms with Crippen LogP contribution in [0.4, 0.5) is 5.69 Å². The molecule has 1 aliphatic rings. The molecule has 1 aliphatic carbocycles. The zero-order valence-corrected chi connectivity index (χ0v) is 21.8. The number of amides is 2. The van der Waals surface area contributed by atoms with Crippen LogP contribution in [0.5, 0.6) is 0 Å². The van der Waals surface area contributed by atoms with Crippen LogP contribution in [0.25, 0.3) is 0 Å². The summed E-state index contributed by atoms with van der Waals surface area (Å²) in [7, 11) is 0. The lowest BCUT2D eigenvalue weighted by Gasteiger charge is -2.39. The van der Waals surface area contributed by atoms with E-state index in [1.54, 1.807) is 19.1 Å². The lowest BCUT2D eigenvalue weighted by molar-refractivity contribution is -0.135. The Kier molecular flexibility index (Phi) is 7.79. The molecule has 0 saturated heterocycles. The number of Topliss-reactive ketones (excluding diaryl/α,β-unsaturated/α-hetero) is 1. The van der Waals surface area contributed by atoms with E-state index in [4.69, 9.17) is 23.2 Å². The van der Waals surface area contributed by atoms with Gasteiger partial charge in [0.05, 0.1) is 10.6 Å². The number of hydrogen-bond donors (Lipinski definition) is 2. The zero-order valence-electron chi connectivity index (χ0n) is 20.3. The molecule has 1 fully saturated rings. The predicted molar refractivity (Wildman–Crippen MR) is 137 cm³/mol. The van der Waals surface area contributed by atoms with E-state index < -0.39 is 10.8 Å². The van der Waals surface area contributed by atoms with Crippen molar-refractivity contribution in [3.63, 3.8) is 0 Å². The van der Waals surface area contributed by atoms with Gasteiger partial charge in [-0.25, -0.2) is 0 Å². The first kappa shape index (κ1) is 26.2. The standard InChI is InChI=1S/C27H32Cl2N2O3/c1-16(30-25(34)22-12-13-27(5,17(2)32)26(22,3)4)14-18-6-9-20(10-7-18)31-24(33)21-15-19(28)8-11-23(21)29/h6-11,15-16,22H,12-14H2,1-5H3,(H,30,34)(H,31,33)/t16-,22-,27+/m1/s1. The molecule has 7 heteroatoms. The van der Waals surface area contributed by atoms with Crippen LogP contribution in [-0.4, -0.2) is 23.6 Å². The van der Waals surface area contributed by atoms with Crippen molar-refractivity contribution in [2.45, 2.75) is 59.9 Å². The summed E-state index contributed by atoms with van der Waals surface area (Å²) in [5.41, 5.74) is 1.11. The van der Waals surface area contributed by atoms with E-state index in [-0.39, 0.29) is 29.6 Å². The minimum atomic E-state index is -0.478. The van der Waals surface area contributed by atoms with Gasteiger partial charge in [-0.05, 0) is 74.4 Å². The number of benzene rings is 2. The molecule has 2 aromatic carbocycles. The van der Waals surface area contributed by atoms with Gasteiger partial charge in [-0.15, -0.1) is 0 Å². The molecule has 2 aromatic rings. The van der Waals surface area contributed by atoms with Crippen LogP contribution in [0, 0.1) is 16.7 Å². The number of nitrogens with one attached hydrogen (secondary N) is 2. The molecular weight excluding hydrogens is 471 g/mol. The van der Waals surface area contributed by atoms with Crippen molar-refractivity contribution in [2.24, 2.45) is 16.7 Å². The van der Waals surface area contributed by atoms with E-state index in [1.165, 1.54) is 6.07 Å². The zero-order chi connectivity index (χ0) is 25.3. The molecule has 2 N–H and O–H groups in total. The molecule has 182 valence electrons. The normalized spacial score (nSPS) is 22.1. The Balaban J connectivity index is 1.58. The molecule has 0 unspecified atom stereocenters. The topological polar surface area (TPSA) is 75.3 Å². The molecule has 5 nitrogen and oxygen atoms in total. The highest BCUT2D eigenvalue weighted by molar-refractivity contribution is 6.36. The van der Waals surface area contributed by atoms with Crippen LogP contribution in [-0.2, 0) is 16.0 Å². The molecule has 0 bridgehead atoms. The second-order valence-electron chi connectivity index (χ2n) is 10.1. The average molecular weight is 503 g/mol. The number of ketones is 1. The SMILES string of the molecule is CC(=O)[C@]1(C)CC[C@H](C(=O)N[C@H](C)Cc2ccc(NC(=O)c3cc(Cl)ccc3Cl)cc2)C1(C)C. The van der Waals surface area contributed by atoms with Crippen molar-refractivity contribution in [1.29, 1.82) is 0 Å². The number of carbonyl (C=O) groups is 3. The van der Waals surface area contributed by atoms with E-state index in [0.29, 0.717) is 34.1 Å². The van der Waals surface area contributed by atoms with Gasteiger partial charge in [-0.2, -0.15) is 0 Å². The number of halogens is 2. The third kappa shape index (κ3) is 5.31. The lowest BCUT2D eigenvalue weighted by Crippen LogP contribution is -2.46. The summed E-state index contributed by atoms with van der Waals surface area (Å²) in [5, 5.41) is 6.73. The first-order valence-corrected chi connectivity index (χ1v) is 12.3. The van der Waals surface area contributed by atoms with Crippen LogP contribution < -0.4 is 10.6 Å². The molecule has 0 heterocycles. The molecule has 3 rings (SSSR count). The van der Waals surface area contributed by atoms with Gasteiger partial charge in [0.15, 0.2) is 0 Å². The summed E-state index contributed by atoms with van der Waals surface area (Å²) in [6, 6.07) is 12.2. The number of rotatable bonds is 7. The maximum atomic E-state index is 13.0.